The van der Waals surface area contributed by atoms with E-state index in [4.69, 9.17) is 4.74 Å². The molecule has 0 aliphatic carbocycles. The van der Waals surface area contributed by atoms with Crippen LogP contribution in [0.5, 0.6) is 5.75 Å². The predicted octanol–water partition coefficient (Wildman–Crippen LogP) is 6.79. The minimum Gasteiger partial charge on any atom is -0.491 e. The molecule has 42 heavy (non-hydrogen) atoms. The van der Waals surface area contributed by atoms with Crippen molar-refractivity contribution in [3.63, 3.8) is 0 Å². The fraction of sp³-hybridized carbons (Fsp3) is 0.147. The average molecular weight is 576 g/mol. The van der Waals surface area contributed by atoms with Crippen molar-refractivity contribution in [1.82, 2.24) is 14.8 Å². The van der Waals surface area contributed by atoms with Crippen molar-refractivity contribution in [1.29, 1.82) is 0 Å². The molecule has 5 aromatic rings. The Morgan fingerprint density at radius 1 is 0.905 bits per heavy atom. The Kier molecular flexibility index (Phi) is 7.79. The van der Waals surface area contributed by atoms with Crippen LogP contribution in [0.3, 0.4) is 0 Å². The van der Waals surface area contributed by atoms with Gasteiger partial charge in [-0.05, 0) is 47.8 Å². The van der Waals surface area contributed by atoms with Crippen LogP contribution in [-0.2, 0) is 16.1 Å². The van der Waals surface area contributed by atoms with E-state index in [-0.39, 0.29) is 42.8 Å². The highest BCUT2D eigenvalue weighted by molar-refractivity contribution is 8.18. The first-order valence-corrected chi connectivity index (χ1v) is 14.6. The van der Waals surface area contributed by atoms with E-state index in [1.165, 1.54) is 4.90 Å². The quantitative estimate of drug-likeness (QED) is 0.196. The van der Waals surface area contributed by atoms with Gasteiger partial charge in [0.25, 0.3) is 11.1 Å². The molecule has 1 atom stereocenters. The molecule has 4 aromatic carbocycles. The number of nitrogens with zero attached hydrogens (tertiary/aromatic N) is 2. The molecule has 1 unspecified atom stereocenters. The summed E-state index contributed by atoms with van der Waals surface area (Å²) >= 11 is 0.918. The zero-order valence-corrected chi connectivity index (χ0v) is 23.8. The number of thioether (sulfide) groups is 1. The van der Waals surface area contributed by atoms with Gasteiger partial charge in [-0.15, -0.1) is 0 Å². The molecule has 2 heterocycles. The number of ether oxygens (including phenoxy) is 1. The second-order valence-corrected chi connectivity index (χ2v) is 11.1. The van der Waals surface area contributed by atoms with E-state index in [9.17, 15) is 14.4 Å². The molecule has 6 rings (SSSR count). The molecular weight excluding hydrogens is 546 g/mol. The van der Waals surface area contributed by atoms with E-state index < -0.39 is 0 Å². The third kappa shape index (κ3) is 5.66. The van der Waals surface area contributed by atoms with Gasteiger partial charge in [0, 0.05) is 28.0 Å². The van der Waals surface area contributed by atoms with Crippen molar-refractivity contribution in [3.8, 4) is 5.75 Å². The number of fused-ring (bicyclic) bond motifs is 2. The molecule has 8 heteroatoms. The van der Waals surface area contributed by atoms with Gasteiger partial charge in [0.05, 0.1) is 17.5 Å². The highest BCUT2D eigenvalue weighted by atomic mass is 32.2. The van der Waals surface area contributed by atoms with Gasteiger partial charge >= 0.3 is 0 Å². The standard InChI is InChI=1S/C34H29N3O4S/c1-23(24-10-3-2-4-11-24)35-32(38)22-36-21-26(27-14-7-8-16-29(27)36)20-31-33(39)37(34(40)42-31)18-19-41-30-17-9-13-25-12-5-6-15-28(25)30/h2-17,20-21,23H,18-19,22H2,1H3,(H,35,38)/b31-20-. The number of carbonyl (C=O) groups is 3. The average Bonchev–Trinajstić information content (AvgIpc) is 3.48. The Bertz CT molecular complexity index is 1820. The molecule has 1 saturated heterocycles. The zero-order chi connectivity index (χ0) is 29.1. The number of rotatable bonds is 9. The molecule has 0 bridgehead atoms. The van der Waals surface area contributed by atoms with Gasteiger partial charge in [-0.3, -0.25) is 19.3 Å². The number of imide groups is 1. The van der Waals surface area contributed by atoms with E-state index in [1.807, 2.05) is 115 Å². The summed E-state index contributed by atoms with van der Waals surface area (Å²) in [5.41, 5.74) is 2.67. The maximum Gasteiger partial charge on any atom is 0.293 e. The molecule has 1 aliphatic heterocycles. The Hall–Kier alpha value is -4.82. The van der Waals surface area contributed by atoms with Crippen LogP contribution in [0.1, 0.15) is 24.1 Å². The van der Waals surface area contributed by atoms with Crippen LogP contribution in [0.4, 0.5) is 4.79 Å². The van der Waals surface area contributed by atoms with Gasteiger partial charge < -0.3 is 14.6 Å². The lowest BCUT2D eigenvalue weighted by Gasteiger charge is -2.15. The second-order valence-electron chi connectivity index (χ2n) is 10.1. The van der Waals surface area contributed by atoms with E-state index in [1.54, 1.807) is 6.08 Å². The van der Waals surface area contributed by atoms with Crippen LogP contribution in [-0.4, -0.2) is 39.7 Å². The largest absolute Gasteiger partial charge is 0.491 e. The van der Waals surface area contributed by atoms with Crippen LogP contribution in [0.25, 0.3) is 27.8 Å². The summed E-state index contributed by atoms with van der Waals surface area (Å²) in [4.78, 5) is 40.5. The number of hydrogen-bond donors (Lipinski definition) is 1. The highest BCUT2D eigenvalue weighted by Gasteiger charge is 2.35. The lowest BCUT2D eigenvalue weighted by atomic mass is 10.1. The molecule has 210 valence electrons. The summed E-state index contributed by atoms with van der Waals surface area (Å²) in [5.74, 6) is 0.244. The molecule has 7 nitrogen and oxygen atoms in total. The molecule has 1 aliphatic rings. The van der Waals surface area contributed by atoms with Crippen molar-refractivity contribution in [3.05, 3.63) is 119 Å². The number of benzene rings is 4. The summed E-state index contributed by atoms with van der Waals surface area (Å²) in [6.45, 7) is 2.41. The van der Waals surface area contributed by atoms with Crippen LogP contribution in [0, 0.1) is 0 Å². The van der Waals surface area contributed by atoms with Gasteiger partial charge in [0.1, 0.15) is 18.9 Å². The molecule has 0 spiro atoms. The van der Waals surface area contributed by atoms with Crippen molar-refractivity contribution in [2.75, 3.05) is 13.2 Å². The first-order chi connectivity index (χ1) is 20.5. The first-order valence-electron chi connectivity index (χ1n) is 13.8. The third-order valence-electron chi connectivity index (χ3n) is 7.29. The number of hydrogen-bond acceptors (Lipinski definition) is 5. The minimum absolute atomic E-state index is 0.120. The van der Waals surface area contributed by atoms with Crippen molar-refractivity contribution in [2.24, 2.45) is 0 Å². The van der Waals surface area contributed by atoms with Gasteiger partial charge in [-0.25, -0.2) is 0 Å². The Balaban J connectivity index is 1.15. The Morgan fingerprint density at radius 3 is 2.45 bits per heavy atom. The monoisotopic (exact) mass is 575 g/mol. The first kappa shape index (κ1) is 27.4. The van der Waals surface area contributed by atoms with Crippen LogP contribution in [0.15, 0.2) is 108 Å². The van der Waals surface area contributed by atoms with E-state index in [0.29, 0.717) is 10.7 Å². The lowest BCUT2D eigenvalue weighted by molar-refractivity contribution is -0.123. The van der Waals surface area contributed by atoms with E-state index >= 15 is 0 Å². The molecule has 1 N–H and O–H groups in total. The van der Waals surface area contributed by atoms with Gasteiger partial charge in [-0.1, -0.05) is 84.9 Å². The summed E-state index contributed by atoms with van der Waals surface area (Å²) in [7, 11) is 0. The normalized spacial score (nSPS) is 15.1. The number of amides is 3. The van der Waals surface area contributed by atoms with Crippen molar-refractivity contribution >= 4 is 56.6 Å². The number of para-hydroxylation sites is 1. The van der Waals surface area contributed by atoms with Gasteiger partial charge in [-0.2, -0.15) is 0 Å². The minimum atomic E-state index is -0.349. The van der Waals surface area contributed by atoms with Crippen LogP contribution < -0.4 is 10.1 Å². The van der Waals surface area contributed by atoms with E-state index in [0.717, 1.165) is 44.6 Å². The fourth-order valence-electron chi connectivity index (χ4n) is 5.19. The van der Waals surface area contributed by atoms with Crippen LogP contribution in [0.2, 0.25) is 0 Å². The number of nitrogens with one attached hydrogen (secondary N) is 1. The topological polar surface area (TPSA) is 80.6 Å². The highest BCUT2D eigenvalue weighted by Crippen LogP contribution is 2.34. The molecule has 3 amide bonds. The van der Waals surface area contributed by atoms with Crippen LogP contribution >= 0.6 is 11.8 Å². The molecule has 0 radical (unpaired) electrons. The number of aromatic nitrogens is 1. The maximum atomic E-state index is 13.2. The predicted molar refractivity (Wildman–Crippen MR) is 167 cm³/mol. The van der Waals surface area contributed by atoms with Gasteiger partial charge in [0.15, 0.2) is 0 Å². The molecule has 1 aromatic heterocycles. The molecule has 1 fully saturated rings. The second kappa shape index (κ2) is 12.0. The Morgan fingerprint density at radius 2 is 1.62 bits per heavy atom. The fourth-order valence-corrected chi connectivity index (χ4v) is 6.05. The summed E-state index contributed by atoms with van der Waals surface area (Å²) < 4.78 is 7.84. The summed E-state index contributed by atoms with van der Waals surface area (Å²) in [6.07, 6.45) is 3.59. The maximum absolute atomic E-state index is 13.2. The van der Waals surface area contributed by atoms with Crippen molar-refractivity contribution in [2.45, 2.75) is 19.5 Å². The Labute approximate surface area is 247 Å². The molecule has 0 saturated carbocycles. The SMILES string of the molecule is CC(NC(=O)Cn1cc(/C=C2\SC(=O)N(CCOc3cccc4ccccc34)C2=O)c2ccccc21)c1ccccc1. The summed E-state index contributed by atoms with van der Waals surface area (Å²) in [5, 5.41) is 5.66. The van der Waals surface area contributed by atoms with E-state index in [2.05, 4.69) is 5.32 Å². The van der Waals surface area contributed by atoms with Gasteiger partial charge in [0.2, 0.25) is 5.91 Å². The lowest BCUT2D eigenvalue weighted by Crippen LogP contribution is -2.32. The smallest absolute Gasteiger partial charge is 0.293 e. The molecular formula is C34H29N3O4S. The van der Waals surface area contributed by atoms with Crippen molar-refractivity contribution < 1.29 is 19.1 Å². The zero-order valence-electron chi connectivity index (χ0n) is 23.0. The summed E-state index contributed by atoms with van der Waals surface area (Å²) in [6, 6.07) is 31.1. The third-order valence-corrected chi connectivity index (χ3v) is 8.20. The number of carbonyl (C=O) groups excluding carboxylic acids is 3.